The number of amides is 1. The Morgan fingerprint density at radius 3 is 3.12 bits per heavy atom. The normalized spacial score (nSPS) is 17.6. The minimum atomic E-state index is -0.110. The highest BCUT2D eigenvalue weighted by atomic mass is 35.5. The number of imidazole rings is 1. The molecule has 2 aromatic heterocycles. The number of piperidine rings is 1. The average molecular weight is 357 g/mol. The summed E-state index contributed by atoms with van der Waals surface area (Å²) in [5.74, 6) is 0.685. The molecule has 1 saturated heterocycles. The molecule has 3 aromatic rings. The Hall–Kier alpha value is -2.67. The van der Waals surface area contributed by atoms with Gasteiger partial charge >= 0.3 is 0 Å². The zero-order valence-electron chi connectivity index (χ0n) is 13.4. The van der Waals surface area contributed by atoms with Gasteiger partial charge in [0.2, 0.25) is 5.91 Å². The number of halogens is 1. The Labute approximate surface area is 149 Å². The van der Waals surface area contributed by atoms with Gasteiger partial charge in [0, 0.05) is 23.8 Å². The molecule has 1 aliphatic rings. The second-order valence-electron chi connectivity index (χ2n) is 6.08. The maximum atomic E-state index is 12.6. The number of fused-ring (bicyclic) bond motifs is 1. The number of benzene rings is 1. The van der Waals surface area contributed by atoms with Crippen LogP contribution < -0.4 is 10.2 Å². The molecule has 0 spiro atoms. The molecule has 1 amide bonds. The van der Waals surface area contributed by atoms with Crippen molar-refractivity contribution < 1.29 is 4.79 Å². The second-order valence-corrected chi connectivity index (χ2v) is 6.52. The van der Waals surface area contributed by atoms with Gasteiger partial charge in [0.1, 0.15) is 11.8 Å². The number of nitrogens with zero attached hydrogens (tertiary/aromatic N) is 4. The molecule has 0 saturated carbocycles. The van der Waals surface area contributed by atoms with Gasteiger partial charge < -0.3 is 15.2 Å². The topological polar surface area (TPSA) is 86.8 Å². The van der Waals surface area contributed by atoms with Crippen LogP contribution in [0, 0.1) is 5.92 Å². The first-order valence-corrected chi connectivity index (χ1v) is 8.54. The van der Waals surface area contributed by atoms with Crippen molar-refractivity contribution in [3.63, 3.8) is 0 Å². The van der Waals surface area contributed by atoms with Crippen molar-refractivity contribution >= 4 is 40.2 Å². The molecule has 0 unspecified atom stereocenters. The van der Waals surface area contributed by atoms with Gasteiger partial charge in [0.05, 0.1) is 12.2 Å². The van der Waals surface area contributed by atoms with Gasteiger partial charge in [-0.3, -0.25) is 4.79 Å². The van der Waals surface area contributed by atoms with Crippen molar-refractivity contribution in [1.29, 1.82) is 0 Å². The minimum Gasteiger partial charge on any atom is -0.354 e. The van der Waals surface area contributed by atoms with E-state index in [2.05, 4.69) is 30.2 Å². The third-order valence-electron chi connectivity index (χ3n) is 4.39. The van der Waals surface area contributed by atoms with E-state index < -0.39 is 0 Å². The van der Waals surface area contributed by atoms with Gasteiger partial charge in [-0.2, -0.15) is 0 Å². The Balaban J connectivity index is 1.51. The maximum Gasteiger partial charge on any atom is 0.229 e. The van der Waals surface area contributed by atoms with Crippen LogP contribution in [0.4, 0.5) is 11.5 Å². The van der Waals surface area contributed by atoms with E-state index in [0.717, 1.165) is 30.7 Å². The first kappa shape index (κ1) is 15.8. The highest BCUT2D eigenvalue weighted by Crippen LogP contribution is 2.26. The molecule has 0 aliphatic carbocycles. The Kier molecular flexibility index (Phi) is 4.23. The summed E-state index contributed by atoms with van der Waals surface area (Å²) >= 11 is 5.98. The highest BCUT2D eigenvalue weighted by molar-refractivity contribution is 6.30. The molecule has 128 valence electrons. The van der Waals surface area contributed by atoms with E-state index in [1.807, 2.05) is 12.1 Å². The number of aromatic nitrogens is 4. The number of aromatic amines is 1. The lowest BCUT2D eigenvalue weighted by Crippen LogP contribution is -2.41. The third kappa shape index (κ3) is 3.28. The molecule has 7 nitrogen and oxygen atoms in total. The van der Waals surface area contributed by atoms with E-state index in [9.17, 15) is 4.79 Å². The van der Waals surface area contributed by atoms with Gasteiger partial charge in [-0.15, -0.1) is 0 Å². The lowest BCUT2D eigenvalue weighted by Gasteiger charge is -2.32. The van der Waals surface area contributed by atoms with Crippen molar-refractivity contribution in [3.8, 4) is 0 Å². The highest BCUT2D eigenvalue weighted by Gasteiger charge is 2.28. The van der Waals surface area contributed by atoms with E-state index in [4.69, 9.17) is 11.6 Å². The molecule has 25 heavy (non-hydrogen) atoms. The first-order chi connectivity index (χ1) is 12.2. The van der Waals surface area contributed by atoms with E-state index in [-0.39, 0.29) is 11.8 Å². The summed E-state index contributed by atoms with van der Waals surface area (Å²) in [5.41, 5.74) is 2.15. The molecular formula is C17H17ClN6O. The van der Waals surface area contributed by atoms with Crippen LogP contribution in [0.5, 0.6) is 0 Å². The van der Waals surface area contributed by atoms with Crippen molar-refractivity contribution in [3.05, 3.63) is 41.9 Å². The number of carbonyl (C=O) groups excluding carboxylic acids is 1. The lowest BCUT2D eigenvalue weighted by molar-refractivity contribution is -0.120. The monoisotopic (exact) mass is 356 g/mol. The summed E-state index contributed by atoms with van der Waals surface area (Å²) in [6.45, 7) is 1.46. The van der Waals surface area contributed by atoms with E-state index in [1.54, 1.807) is 18.5 Å². The molecule has 8 heteroatoms. The SMILES string of the molecule is O=C(Nc1cccc(Cl)c1)[C@@H]1CCCN(c2ncnc3nc[nH]c23)C1. The Morgan fingerprint density at radius 1 is 1.32 bits per heavy atom. The Morgan fingerprint density at radius 2 is 2.24 bits per heavy atom. The quantitative estimate of drug-likeness (QED) is 0.753. The summed E-state index contributed by atoms with van der Waals surface area (Å²) < 4.78 is 0. The summed E-state index contributed by atoms with van der Waals surface area (Å²) in [4.78, 5) is 30.5. The summed E-state index contributed by atoms with van der Waals surface area (Å²) in [6, 6.07) is 7.19. The molecule has 1 fully saturated rings. The van der Waals surface area contributed by atoms with Gasteiger partial charge in [-0.1, -0.05) is 17.7 Å². The number of hydrogen-bond acceptors (Lipinski definition) is 5. The third-order valence-corrected chi connectivity index (χ3v) is 4.62. The zero-order chi connectivity index (χ0) is 17.2. The number of H-pyrrole nitrogens is 1. The first-order valence-electron chi connectivity index (χ1n) is 8.16. The standard InChI is InChI=1S/C17H17ClN6O/c18-12-4-1-5-13(7-12)23-17(25)11-3-2-6-24(8-11)16-14-15(20-9-19-14)21-10-22-16/h1,4-5,7,9-11H,2-3,6,8H2,(H,23,25)(H,19,20,21,22)/t11-/m1/s1. The molecule has 0 bridgehead atoms. The molecule has 1 aromatic carbocycles. The summed E-state index contributed by atoms with van der Waals surface area (Å²) in [6.07, 6.45) is 4.89. The molecule has 0 radical (unpaired) electrons. The molecule has 4 rings (SSSR count). The van der Waals surface area contributed by atoms with Crippen LogP contribution in [0.1, 0.15) is 12.8 Å². The molecular weight excluding hydrogens is 340 g/mol. The van der Waals surface area contributed by atoms with Crippen LogP contribution >= 0.6 is 11.6 Å². The van der Waals surface area contributed by atoms with Crippen molar-refractivity contribution in [2.45, 2.75) is 12.8 Å². The number of carbonyl (C=O) groups is 1. The maximum absolute atomic E-state index is 12.6. The predicted molar refractivity (Wildman–Crippen MR) is 96.7 cm³/mol. The molecule has 1 atom stereocenters. The molecule has 3 heterocycles. The van der Waals surface area contributed by atoms with Crippen LogP contribution in [0.25, 0.3) is 11.2 Å². The number of hydrogen-bond donors (Lipinski definition) is 2. The fraction of sp³-hybridized carbons (Fsp3) is 0.294. The molecule has 1 aliphatic heterocycles. The fourth-order valence-electron chi connectivity index (χ4n) is 3.19. The summed E-state index contributed by atoms with van der Waals surface area (Å²) in [5, 5.41) is 3.56. The average Bonchev–Trinajstić information content (AvgIpc) is 3.10. The number of rotatable bonds is 3. The second kappa shape index (κ2) is 6.68. The molecule has 2 N–H and O–H groups in total. The predicted octanol–water partition coefficient (Wildman–Crippen LogP) is 2.86. The van der Waals surface area contributed by atoms with Crippen LogP contribution in [0.2, 0.25) is 5.02 Å². The van der Waals surface area contributed by atoms with Gasteiger partial charge in [-0.05, 0) is 31.0 Å². The van der Waals surface area contributed by atoms with E-state index in [1.165, 1.54) is 6.33 Å². The number of anilines is 2. The Bertz CT molecular complexity index is 911. The largest absolute Gasteiger partial charge is 0.354 e. The smallest absolute Gasteiger partial charge is 0.229 e. The van der Waals surface area contributed by atoms with Crippen molar-refractivity contribution in [2.24, 2.45) is 5.92 Å². The van der Waals surface area contributed by atoms with Crippen LogP contribution in [-0.4, -0.2) is 38.9 Å². The summed E-state index contributed by atoms with van der Waals surface area (Å²) in [7, 11) is 0. The fourth-order valence-corrected chi connectivity index (χ4v) is 3.38. The minimum absolute atomic E-state index is 0.00174. The van der Waals surface area contributed by atoms with Gasteiger partial charge in [0.15, 0.2) is 11.5 Å². The van der Waals surface area contributed by atoms with Crippen LogP contribution in [0.15, 0.2) is 36.9 Å². The van der Waals surface area contributed by atoms with Crippen molar-refractivity contribution in [2.75, 3.05) is 23.3 Å². The van der Waals surface area contributed by atoms with Crippen molar-refractivity contribution in [1.82, 2.24) is 19.9 Å². The number of nitrogens with one attached hydrogen (secondary N) is 2. The van der Waals surface area contributed by atoms with Gasteiger partial charge in [-0.25, -0.2) is 15.0 Å². The van der Waals surface area contributed by atoms with Crippen LogP contribution in [-0.2, 0) is 4.79 Å². The zero-order valence-corrected chi connectivity index (χ0v) is 14.2. The van der Waals surface area contributed by atoms with E-state index >= 15 is 0 Å². The van der Waals surface area contributed by atoms with Gasteiger partial charge in [0.25, 0.3) is 0 Å². The van der Waals surface area contributed by atoms with E-state index in [0.29, 0.717) is 22.9 Å². The lowest BCUT2D eigenvalue weighted by atomic mass is 9.97. The van der Waals surface area contributed by atoms with Crippen LogP contribution in [0.3, 0.4) is 0 Å².